The fourth-order valence-electron chi connectivity index (χ4n) is 2.39. The summed E-state index contributed by atoms with van der Waals surface area (Å²) in [6.45, 7) is -2.49. The molecule has 0 aliphatic rings. The number of nitrogens with zero attached hydrogens (tertiary/aromatic N) is 3. The highest BCUT2D eigenvalue weighted by atomic mass is 32.2. The maximum Gasteiger partial charge on any atom is 0.409 e. The number of pyridine rings is 1. The number of rotatable bonds is 6. The third-order valence-electron chi connectivity index (χ3n) is 3.54. The first-order valence-corrected chi connectivity index (χ1v) is 8.80. The summed E-state index contributed by atoms with van der Waals surface area (Å²) in [5.74, 6) is -0.814. The zero-order valence-electron chi connectivity index (χ0n) is 13.5. The summed E-state index contributed by atoms with van der Waals surface area (Å²) in [6.07, 6.45) is -3.32. The summed E-state index contributed by atoms with van der Waals surface area (Å²) in [5, 5.41) is 8.84. The molecule has 1 aromatic carbocycles. The Morgan fingerprint density at radius 2 is 1.81 bits per heavy atom. The number of aromatic nitrogens is 1. The number of alkyl halides is 4. The molecule has 0 N–H and O–H groups in total. The van der Waals surface area contributed by atoms with E-state index < -0.39 is 51.7 Å². The Kier molecular flexibility index (Phi) is 6.12. The van der Waals surface area contributed by atoms with Crippen molar-refractivity contribution in [1.82, 2.24) is 9.29 Å². The van der Waals surface area contributed by atoms with Gasteiger partial charge in [-0.25, -0.2) is 17.2 Å². The molecule has 27 heavy (non-hydrogen) atoms. The molecule has 2 aromatic rings. The topological polar surface area (TPSA) is 74.1 Å². The van der Waals surface area contributed by atoms with Gasteiger partial charge in [-0.05, 0) is 23.8 Å². The van der Waals surface area contributed by atoms with Gasteiger partial charge in [0.15, 0.2) is 0 Å². The van der Waals surface area contributed by atoms with Gasteiger partial charge in [0, 0.05) is 18.9 Å². The molecular formula is C16H12F5N3O2S. The summed E-state index contributed by atoms with van der Waals surface area (Å²) in [7, 11) is -4.87. The molecule has 1 aromatic heterocycles. The van der Waals surface area contributed by atoms with Crippen molar-refractivity contribution >= 4 is 10.0 Å². The highest BCUT2D eigenvalue weighted by Crippen LogP contribution is 2.40. The van der Waals surface area contributed by atoms with Crippen LogP contribution in [-0.2, 0) is 10.0 Å². The minimum Gasteiger partial charge on any atom is -0.262 e. The molecule has 0 fully saturated rings. The summed E-state index contributed by atoms with van der Waals surface area (Å²) < 4.78 is 92.5. The van der Waals surface area contributed by atoms with Crippen LogP contribution in [0.5, 0.6) is 0 Å². The number of hydrogen-bond donors (Lipinski definition) is 0. The standard InChI is InChI=1S/C16H12F5N3O2S/c17-5-6-24(27(25,26)14-7-11(8-22)9-23-10-14)15(16(19,20)21)12-1-3-13(18)4-2-12/h1-4,7,9-10,15H,5-6H2. The lowest BCUT2D eigenvalue weighted by molar-refractivity contribution is -0.174. The zero-order chi connectivity index (χ0) is 20.2. The van der Waals surface area contributed by atoms with Crippen molar-refractivity contribution in [1.29, 1.82) is 5.26 Å². The number of hydrogen-bond acceptors (Lipinski definition) is 4. The Morgan fingerprint density at radius 1 is 1.19 bits per heavy atom. The van der Waals surface area contributed by atoms with Crippen LogP contribution >= 0.6 is 0 Å². The number of benzene rings is 1. The van der Waals surface area contributed by atoms with Crippen LogP contribution in [0.25, 0.3) is 0 Å². The van der Waals surface area contributed by atoms with Crippen LogP contribution in [-0.4, -0.2) is 37.1 Å². The fourth-order valence-corrected chi connectivity index (χ4v) is 3.96. The van der Waals surface area contributed by atoms with Gasteiger partial charge in [0.2, 0.25) is 10.0 Å². The number of nitriles is 1. The maximum atomic E-state index is 13.7. The first-order chi connectivity index (χ1) is 12.6. The Hall–Kier alpha value is -2.58. The summed E-state index contributed by atoms with van der Waals surface area (Å²) in [6, 6.07) is 2.75. The van der Waals surface area contributed by atoms with Crippen LogP contribution in [0, 0.1) is 17.1 Å². The second-order valence-corrected chi connectivity index (χ2v) is 7.21. The predicted octanol–water partition coefficient (Wildman–Crippen LogP) is 3.36. The van der Waals surface area contributed by atoms with Crippen molar-refractivity contribution in [3.8, 4) is 6.07 Å². The van der Waals surface area contributed by atoms with Gasteiger partial charge in [-0.1, -0.05) is 12.1 Å². The maximum absolute atomic E-state index is 13.7. The van der Waals surface area contributed by atoms with E-state index in [1.807, 2.05) is 0 Å². The molecule has 0 bridgehead atoms. The zero-order valence-corrected chi connectivity index (χ0v) is 14.3. The van der Waals surface area contributed by atoms with Crippen LogP contribution in [0.2, 0.25) is 0 Å². The van der Waals surface area contributed by atoms with Crippen molar-refractivity contribution in [2.75, 3.05) is 13.2 Å². The molecular weight excluding hydrogens is 393 g/mol. The molecule has 11 heteroatoms. The van der Waals surface area contributed by atoms with Crippen molar-refractivity contribution in [2.45, 2.75) is 17.1 Å². The van der Waals surface area contributed by atoms with Gasteiger partial charge in [0.1, 0.15) is 29.5 Å². The second-order valence-electron chi connectivity index (χ2n) is 5.32. The monoisotopic (exact) mass is 405 g/mol. The van der Waals surface area contributed by atoms with E-state index in [4.69, 9.17) is 5.26 Å². The van der Waals surface area contributed by atoms with Crippen LogP contribution in [0.4, 0.5) is 22.0 Å². The first kappa shape index (κ1) is 20.7. The van der Waals surface area contributed by atoms with Crippen LogP contribution in [0.15, 0.2) is 47.6 Å². The highest BCUT2D eigenvalue weighted by molar-refractivity contribution is 7.89. The van der Waals surface area contributed by atoms with E-state index >= 15 is 0 Å². The van der Waals surface area contributed by atoms with Crippen LogP contribution in [0.3, 0.4) is 0 Å². The van der Waals surface area contributed by atoms with E-state index in [-0.39, 0.29) is 9.87 Å². The fraction of sp³-hybridized carbons (Fsp3) is 0.250. The van der Waals surface area contributed by atoms with Crippen molar-refractivity contribution in [3.63, 3.8) is 0 Å². The van der Waals surface area contributed by atoms with Crippen LogP contribution < -0.4 is 0 Å². The molecule has 0 saturated heterocycles. The Balaban J connectivity index is 2.63. The van der Waals surface area contributed by atoms with Gasteiger partial charge in [-0.2, -0.15) is 22.7 Å². The smallest absolute Gasteiger partial charge is 0.262 e. The quantitative estimate of drug-likeness (QED) is 0.691. The van der Waals surface area contributed by atoms with Gasteiger partial charge in [-0.15, -0.1) is 0 Å². The Morgan fingerprint density at radius 3 is 2.33 bits per heavy atom. The van der Waals surface area contributed by atoms with Crippen LogP contribution in [0.1, 0.15) is 17.2 Å². The lowest BCUT2D eigenvalue weighted by atomic mass is 10.1. The molecule has 1 unspecified atom stereocenters. The van der Waals surface area contributed by atoms with Gasteiger partial charge in [-0.3, -0.25) is 4.98 Å². The molecule has 5 nitrogen and oxygen atoms in total. The normalized spacial score (nSPS) is 13.4. The van der Waals surface area contributed by atoms with Gasteiger partial charge >= 0.3 is 6.18 Å². The Labute approximate surface area is 151 Å². The molecule has 0 saturated carbocycles. The van der Waals surface area contributed by atoms with E-state index in [0.29, 0.717) is 0 Å². The van der Waals surface area contributed by atoms with E-state index in [9.17, 15) is 30.4 Å². The van der Waals surface area contributed by atoms with E-state index in [2.05, 4.69) is 4.98 Å². The highest BCUT2D eigenvalue weighted by Gasteiger charge is 2.49. The molecule has 0 aliphatic carbocycles. The predicted molar refractivity (Wildman–Crippen MR) is 84.0 cm³/mol. The molecule has 2 rings (SSSR count). The third kappa shape index (κ3) is 4.58. The largest absolute Gasteiger partial charge is 0.409 e. The number of halogens is 5. The minimum atomic E-state index is -5.11. The molecule has 0 amide bonds. The summed E-state index contributed by atoms with van der Waals surface area (Å²) in [5.41, 5.74) is -0.771. The molecule has 1 heterocycles. The second kappa shape index (κ2) is 7.98. The average Bonchev–Trinajstić information content (AvgIpc) is 2.62. The van der Waals surface area contributed by atoms with Gasteiger partial charge in [0.05, 0.1) is 5.56 Å². The van der Waals surface area contributed by atoms with Crippen molar-refractivity contribution in [2.24, 2.45) is 0 Å². The van der Waals surface area contributed by atoms with E-state index in [0.717, 1.165) is 42.7 Å². The molecule has 144 valence electrons. The van der Waals surface area contributed by atoms with Crippen molar-refractivity contribution < 1.29 is 30.4 Å². The first-order valence-electron chi connectivity index (χ1n) is 7.36. The Bertz CT molecular complexity index is 940. The average molecular weight is 405 g/mol. The molecule has 0 spiro atoms. The van der Waals surface area contributed by atoms with E-state index in [1.165, 1.54) is 0 Å². The lowest BCUT2D eigenvalue weighted by Gasteiger charge is -2.32. The summed E-state index contributed by atoms with van der Waals surface area (Å²) in [4.78, 5) is 2.83. The van der Waals surface area contributed by atoms with Crippen molar-refractivity contribution in [3.05, 3.63) is 59.7 Å². The van der Waals surface area contributed by atoms with Gasteiger partial charge < -0.3 is 0 Å². The molecule has 0 aliphatic heterocycles. The lowest BCUT2D eigenvalue weighted by Crippen LogP contribution is -2.43. The molecule has 1 atom stereocenters. The van der Waals surface area contributed by atoms with Gasteiger partial charge in [0.25, 0.3) is 0 Å². The summed E-state index contributed by atoms with van der Waals surface area (Å²) >= 11 is 0. The molecule has 0 radical (unpaired) electrons. The number of sulfonamides is 1. The minimum absolute atomic E-state index is 0.0710. The van der Waals surface area contributed by atoms with E-state index in [1.54, 1.807) is 6.07 Å². The third-order valence-corrected chi connectivity index (χ3v) is 5.37. The SMILES string of the molecule is N#Cc1cncc(S(=O)(=O)N(CCF)C(c2ccc(F)cc2)C(F)(F)F)c1.